The number of halogens is 3. The minimum atomic E-state index is -4.75. The molecule has 148 valence electrons. The summed E-state index contributed by atoms with van der Waals surface area (Å²) in [7, 11) is 0. The number of hydrogen-bond donors (Lipinski definition) is 1. The van der Waals surface area contributed by atoms with Crippen LogP contribution in [0, 0.1) is 16.7 Å². The molecule has 2 amide bonds. The molecule has 1 saturated heterocycles. The first-order valence-corrected chi connectivity index (χ1v) is 8.27. The van der Waals surface area contributed by atoms with Crippen LogP contribution in [0.5, 0.6) is 0 Å². The Kier molecular flexibility index (Phi) is 6.10. The van der Waals surface area contributed by atoms with Crippen LogP contribution in [0.25, 0.3) is 0 Å². The van der Waals surface area contributed by atoms with E-state index in [9.17, 15) is 18.0 Å². The highest BCUT2D eigenvalue weighted by molar-refractivity contribution is 5.76. The number of urea groups is 1. The lowest BCUT2D eigenvalue weighted by Crippen LogP contribution is -2.54. The summed E-state index contributed by atoms with van der Waals surface area (Å²) in [4.78, 5) is 21.0. The van der Waals surface area contributed by atoms with E-state index in [2.05, 4.69) is 15.4 Å². The molecule has 2 rings (SSSR count). The van der Waals surface area contributed by atoms with E-state index < -0.39 is 23.7 Å². The first kappa shape index (κ1) is 20.7. The van der Waals surface area contributed by atoms with Crippen LogP contribution in [-0.4, -0.2) is 53.7 Å². The van der Waals surface area contributed by atoms with Crippen LogP contribution in [0.1, 0.15) is 32.3 Å². The zero-order chi connectivity index (χ0) is 20.2. The van der Waals surface area contributed by atoms with E-state index in [1.807, 2.05) is 20.8 Å². The van der Waals surface area contributed by atoms with Crippen LogP contribution in [0.4, 0.5) is 23.8 Å². The standard InChI is InChI=1S/C16H21F3N6O2/c1-15(2,3)10-25(23-14(26)24-4-6-27-7-5-24)13-8-11(16(17,18)19)21-12(9-20)22-13/h8H,4-7,10H2,1-3H3,(H,23,26). The van der Waals surface area contributed by atoms with Gasteiger partial charge in [0.2, 0.25) is 5.82 Å². The first-order chi connectivity index (χ1) is 12.5. The van der Waals surface area contributed by atoms with Crippen molar-refractivity contribution in [2.75, 3.05) is 37.9 Å². The van der Waals surface area contributed by atoms with Crippen LogP contribution in [-0.2, 0) is 10.9 Å². The molecule has 0 unspecified atom stereocenters. The van der Waals surface area contributed by atoms with Gasteiger partial charge in [0.05, 0.1) is 13.2 Å². The molecule has 1 aliphatic heterocycles. The van der Waals surface area contributed by atoms with Gasteiger partial charge >= 0.3 is 12.2 Å². The van der Waals surface area contributed by atoms with Crippen molar-refractivity contribution in [1.82, 2.24) is 20.3 Å². The van der Waals surface area contributed by atoms with Crippen molar-refractivity contribution in [2.24, 2.45) is 5.41 Å². The van der Waals surface area contributed by atoms with Crippen molar-refractivity contribution >= 4 is 11.8 Å². The van der Waals surface area contributed by atoms with Crippen LogP contribution in [0.2, 0.25) is 0 Å². The van der Waals surface area contributed by atoms with Crippen LogP contribution >= 0.6 is 0 Å². The molecule has 1 fully saturated rings. The molecular formula is C16H21F3N6O2. The average Bonchev–Trinajstić information content (AvgIpc) is 2.59. The van der Waals surface area contributed by atoms with Crippen LogP contribution < -0.4 is 10.4 Å². The number of ether oxygens (including phenoxy) is 1. The topological polar surface area (TPSA) is 94.4 Å². The third-order valence-electron chi connectivity index (χ3n) is 3.54. The molecule has 2 heterocycles. The van der Waals surface area contributed by atoms with E-state index in [1.165, 1.54) is 16.0 Å². The van der Waals surface area contributed by atoms with Crippen LogP contribution in [0.15, 0.2) is 6.07 Å². The number of rotatable bonds is 3. The molecule has 0 spiro atoms. The summed E-state index contributed by atoms with van der Waals surface area (Å²) < 4.78 is 44.5. The van der Waals surface area contributed by atoms with E-state index in [4.69, 9.17) is 10.00 Å². The van der Waals surface area contributed by atoms with Crippen molar-refractivity contribution in [2.45, 2.75) is 26.9 Å². The second-order valence-electron chi connectivity index (χ2n) is 7.21. The lowest BCUT2D eigenvalue weighted by molar-refractivity contribution is -0.141. The van der Waals surface area contributed by atoms with Crippen molar-refractivity contribution in [3.8, 4) is 6.07 Å². The molecule has 1 aliphatic rings. The van der Waals surface area contributed by atoms with Crippen molar-refractivity contribution in [3.05, 3.63) is 17.6 Å². The number of carbonyl (C=O) groups is 1. The quantitative estimate of drug-likeness (QED) is 0.801. The summed E-state index contributed by atoms with van der Waals surface area (Å²) >= 11 is 0. The number of hydrogen-bond acceptors (Lipinski definition) is 6. The van der Waals surface area contributed by atoms with Crippen LogP contribution in [0.3, 0.4) is 0 Å². The third-order valence-corrected chi connectivity index (χ3v) is 3.54. The fourth-order valence-electron chi connectivity index (χ4n) is 2.37. The van der Waals surface area contributed by atoms with E-state index in [0.717, 1.165) is 0 Å². The third kappa shape index (κ3) is 5.96. The second-order valence-corrected chi connectivity index (χ2v) is 7.21. The molecule has 0 atom stereocenters. The van der Waals surface area contributed by atoms with Gasteiger partial charge in [-0.15, -0.1) is 0 Å². The lowest BCUT2D eigenvalue weighted by Gasteiger charge is -2.34. The minimum absolute atomic E-state index is 0.169. The van der Waals surface area contributed by atoms with Gasteiger partial charge < -0.3 is 9.64 Å². The van der Waals surface area contributed by atoms with Gasteiger partial charge in [-0.3, -0.25) is 5.01 Å². The number of aromatic nitrogens is 2. The zero-order valence-corrected chi connectivity index (χ0v) is 15.3. The van der Waals surface area contributed by atoms with Gasteiger partial charge in [0.15, 0.2) is 11.5 Å². The summed E-state index contributed by atoms with van der Waals surface area (Å²) in [6.07, 6.45) is -4.75. The Hall–Kier alpha value is -2.61. The molecule has 1 N–H and O–H groups in total. The Balaban J connectivity index is 2.35. The van der Waals surface area contributed by atoms with Gasteiger partial charge in [0.25, 0.3) is 0 Å². The van der Waals surface area contributed by atoms with Crippen molar-refractivity contribution in [1.29, 1.82) is 5.26 Å². The number of nitrogens with one attached hydrogen (secondary N) is 1. The molecule has 1 aromatic heterocycles. The molecule has 0 aliphatic carbocycles. The lowest BCUT2D eigenvalue weighted by atomic mass is 9.97. The molecule has 0 radical (unpaired) electrons. The van der Waals surface area contributed by atoms with Gasteiger partial charge in [-0.05, 0) is 5.41 Å². The Labute approximate surface area is 154 Å². The second kappa shape index (κ2) is 7.96. The monoisotopic (exact) mass is 386 g/mol. The van der Waals surface area contributed by atoms with Crippen molar-refractivity contribution in [3.63, 3.8) is 0 Å². The minimum Gasteiger partial charge on any atom is -0.378 e. The van der Waals surface area contributed by atoms with Gasteiger partial charge in [-0.2, -0.15) is 23.4 Å². The number of morpholine rings is 1. The maximum absolute atomic E-state index is 13.1. The highest BCUT2D eigenvalue weighted by Gasteiger charge is 2.35. The van der Waals surface area contributed by atoms with E-state index in [0.29, 0.717) is 32.4 Å². The summed E-state index contributed by atoms with van der Waals surface area (Å²) in [6, 6.07) is 1.76. The van der Waals surface area contributed by atoms with E-state index in [1.54, 1.807) is 0 Å². The highest BCUT2D eigenvalue weighted by atomic mass is 19.4. The number of nitrogens with zero attached hydrogens (tertiary/aromatic N) is 5. The molecular weight excluding hydrogens is 365 g/mol. The Morgan fingerprint density at radius 2 is 1.96 bits per heavy atom. The van der Waals surface area contributed by atoms with Gasteiger partial charge in [0.1, 0.15) is 6.07 Å². The average molecular weight is 386 g/mol. The molecule has 0 bridgehead atoms. The largest absolute Gasteiger partial charge is 0.433 e. The normalized spacial score (nSPS) is 15.2. The molecule has 0 saturated carbocycles. The van der Waals surface area contributed by atoms with Gasteiger partial charge in [-0.1, -0.05) is 20.8 Å². The Morgan fingerprint density at radius 1 is 1.33 bits per heavy atom. The summed E-state index contributed by atoms with van der Waals surface area (Å²) in [5.74, 6) is -0.829. The SMILES string of the molecule is CC(C)(C)CN(NC(=O)N1CCOCC1)c1cc(C(F)(F)F)nc(C#N)n1. The fraction of sp³-hybridized carbons (Fsp3) is 0.625. The summed E-state index contributed by atoms with van der Waals surface area (Å²) in [5.41, 5.74) is 0.960. The predicted octanol–water partition coefficient (Wildman–Crippen LogP) is 2.18. The fourth-order valence-corrected chi connectivity index (χ4v) is 2.37. The number of carbonyl (C=O) groups excluding carboxylic acids is 1. The van der Waals surface area contributed by atoms with Crippen molar-refractivity contribution < 1.29 is 22.7 Å². The molecule has 8 nitrogen and oxygen atoms in total. The zero-order valence-electron chi connectivity index (χ0n) is 15.3. The highest BCUT2D eigenvalue weighted by Crippen LogP contribution is 2.30. The molecule has 0 aromatic carbocycles. The Morgan fingerprint density at radius 3 is 2.48 bits per heavy atom. The first-order valence-electron chi connectivity index (χ1n) is 8.27. The predicted molar refractivity (Wildman–Crippen MR) is 89.5 cm³/mol. The smallest absolute Gasteiger partial charge is 0.378 e. The van der Waals surface area contributed by atoms with E-state index in [-0.39, 0.29) is 17.8 Å². The Bertz CT molecular complexity index is 720. The molecule has 27 heavy (non-hydrogen) atoms. The van der Waals surface area contributed by atoms with E-state index >= 15 is 0 Å². The number of amides is 2. The summed E-state index contributed by atoms with van der Waals surface area (Å²) in [5, 5.41) is 10.2. The van der Waals surface area contributed by atoms with Gasteiger partial charge in [0, 0.05) is 25.7 Å². The van der Waals surface area contributed by atoms with Gasteiger partial charge in [-0.25, -0.2) is 15.2 Å². The maximum Gasteiger partial charge on any atom is 0.433 e. The maximum atomic E-state index is 13.1. The number of anilines is 1. The number of nitriles is 1. The molecule has 1 aromatic rings. The number of alkyl halides is 3. The number of hydrazine groups is 1. The molecule has 11 heteroatoms. The summed E-state index contributed by atoms with van der Waals surface area (Å²) in [6.45, 7) is 7.26.